The van der Waals surface area contributed by atoms with Crippen LogP contribution in [0.15, 0.2) is 30.3 Å². The normalized spacial score (nSPS) is 20.8. The van der Waals surface area contributed by atoms with Crippen molar-refractivity contribution in [3.05, 3.63) is 47.4 Å². The number of likely N-dealkylation sites (tertiary alicyclic amines) is 2. The van der Waals surface area contributed by atoms with E-state index in [4.69, 9.17) is 14.7 Å². The fourth-order valence-electron chi connectivity index (χ4n) is 4.71. The van der Waals surface area contributed by atoms with Crippen LogP contribution in [0.4, 0.5) is 5.82 Å². The van der Waals surface area contributed by atoms with Crippen LogP contribution < -0.4 is 10.1 Å². The number of piperidine rings is 1. The van der Waals surface area contributed by atoms with E-state index in [0.29, 0.717) is 44.0 Å². The van der Waals surface area contributed by atoms with Gasteiger partial charge in [0.05, 0.1) is 12.1 Å². The number of para-hydroxylation sites is 1. The fraction of sp³-hybridized carbons (Fsp3) is 0.520. The lowest BCUT2D eigenvalue weighted by Gasteiger charge is -2.39. The molecule has 2 aliphatic rings. The fourth-order valence-corrected chi connectivity index (χ4v) is 4.71. The van der Waals surface area contributed by atoms with Crippen molar-refractivity contribution in [3.63, 3.8) is 0 Å². The molecule has 1 atom stereocenters. The summed E-state index contributed by atoms with van der Waals surface area (Å²) in [5.74, 6) is 2.25. The third-order valence-corrected chi connectivity index (χ3v) is 6.54. The maximum Gasteiger partial charge on any atom is 0.257 e. The van der Waals surface area contributed by atoms with Crippen LogP contribution in [0, 0.1) is 6.92 Å². The highest BCUT2D eigenvalue weighted by molar-refractivity contribution is 5.97. The first kappa shape index (κ1) is 23.0. The summed E-state index contributed by atoms with van der Waals surface area (Å²) in [6.07, 6.45) is 3.32. The largest absolute Gasteiger partial charge is 0.491 e. The van der Waals surface area contributed by atoms with Gasteiger partial charge in [-0.3, -0.25) is 9.59 Å². The molecule has 2 aliphatic heterocycles. The van der Waals surface area contributed by atoms with Crippen LogP contribution in [0.3, 0.4) is 0 Å². The number of benzene rings is 1. The lowest BCUT2D eigenvalue weighted by Crippen LogP contribution is -2.48. The van der Waals surface area contributed by atoms with Gasteiger partial charge in [0.2, 0.25) is 5.91 Å². The molecule has 3 heterocycles. The van der Waals surface area contributed by atoms with Gasteiger partial charge in [-0.25, -0.2) is 9.97 Å². The van der Waals surface area contributed by atoms with Crippen LogP contribution in [0.2, 0.25) is 0 Å². The molecular weight excluding hydrogens is 418 g/mol. The summed E-state index contributed by atoms with van der Waals surface area (Å²) >= 11 is 0. The molecule has 1 aromatic carbocycles. The summed E-state index contributed by atoms with van der Waals surface area (Å²) in [5.41, 5.74) is 1.14. The van der Waals surface area contributed by atoms with Crippen molar-refractivity contribution < 1.29 is 14.3 Å². The maximum atomic E-state index is 13.5. The number of carbonyl (C=O) groups is 2. The van der Waals surface area contributed by atoms with Gasteiger partial charge in [0.1, 0.15) is 24.0 Å². The summed E-state index contributed by atoms with van der Waals surface area (Å²) in [6, 6.07) is 9.28. The number of nitrogens with zero attached hydrogens (tertiary/aromatic N) is 4. The van der Waals surface area contributed by atoms with Crippen LogP contribution in [0.1, 0.15) is 54.5 Å². The number of rotatable bonds is 7. The Labute approximate surface area is 195 Å². The molecule has 176 valence electrons. The number of nitrogens with one attached hydrogen (secondary N) is 1. The quantitative estimate of drug-likeness (QED) is 0.696. The molecule has 33 heavy (non-hydrogen) atoms. The average molecular weight is 452 g/mol. The molecule has 8 nitrogen and oxygen atoms in total. The molecule has 0 spiro atoms. The van der Waals surface area contributed by atoms with Gasteiger partial charge in [-0.15, -0.1) is 0 Å². The number of aromatic nitrogens is 2. The highest BCUT2D eigenvalue weighted by Crippen LogP contribution is 2.34. The Morgan fingerprint density at radius 2 is 2.03 bits per heavy atom. The smallest absolute Gasteiger partial charge is 0.257 e. The maximum absolute atomic E-state index is 13.5. The molecule has 1 aromatic heterocycles. The monoisotopic (exact) mass is 451 g/mol. The van der Waals surface area contributed by atoms with E-state index >= 15 is 0 Å². The minimum Gasteiger partial charge on any atom is -0.491 e. The SMILES string of the molecule is CNc1cc(C)nc([C@@]2(C)CCCN(C(=O)c3ccccc3OCCN3CCCC3=O)C2)n1. The van der Waals surface area contributed by atoms with Gasteiger partial charge in [-0.2, -0.15) is 0 Å². The molecule has 2 aromatic rings. The van der Waals surface area contributed by atoms with Crippen molar-refractivity contribution in [2.45, 2.75) is 44.9 Å². The first-order chi connectivity index (χ1) is 15.9. The van der Waals surface area contributed by atoms with Crippen LogP contribution in [-0.2, 0) is 10.2 Å². The van der Waals surface area contributed by atoms with E-state index in [2.05, 4.69) is 12.2 Å². The second-order valence-electron chi connectivity index (χ2n) is 9.19. The van der Waals surface area contributed by atoms with Crippen LogP contribution in [0.5, 0.6) is 5.75 Å². The molecule has 0 radical (unpaired) electrons. The van der Waals surface area contributed by atoms with E-state index in [9.17, 15) is 9.59 Å². The third kappa shape index (κ3) is 5.10. The van der Waals surface area contributed by atoms with E-state index in [1.807, 2.05) is 54.1 Å². The van der Waals surface area contributed by atoms with Crippen molar-refractivity contribution in [2.75, 3.05) is 45.2 Å². The molecule has 2 amide bonds. The summed E-state index contributed by atoms with van der Waals surface area (Å²) in [7, 11) is 1.85. The molecule has 1 N–H and O–H groups in total. The summed E-state index contributed by atoms with van der Waals surface area (Å²) in [4.78, 5) is 38.5. The lowest BCUT2D eigenvalue weighted by molar-refractivity contribution is -0.128. The topological polar surface area (TPSA) is 87.7 Å². The van der Waals surface area contributed by atoms with Crippen LogP contribution in [-0.4, -0.2) is 71.4 Å². The number of anilines is 1. The highest BCUT2D eigenvalue weighted by Gasteiger charge is 2.38. The van der Waals surface area contributed by atoms with Gasteiger partial charge in [-0.05, 0) is 38.3 Å². The van der Waals surface area contributed by atoms with E-state index in [-0.39, 0.29) is 17.2 Å². The van der Waals surface area contributed by atoms with Crippen molar-refractivity contribution in [1.29, 1.82) is 0 Å². The van der Waals surface area contributed by atoms with E-state index in [1.165, 1.54) is 0 Å². The van der Waals surface area contributed by atoms with Gasteiger partial charge in [0.25, 0.3) is 5.91 Å². The predicted molar refractivity (Wildman–Crippen MR) is 127 cm³/mol. The Balaban J connectivity index is 1.48. The lowest BCUT2D eigenvalue weighted by atomic mass is 9.80. The van der Waals surface area contributed by atoms with Gasteiger partial charge >= 0.3 is 0 Å². The molecule has 0 unspecified atom stereocenters. The molecule has 4 rings (SSSR count). The average Bonchev–Trinajstić information content (AvgIpc) is 3.23. The van der Waals surface area contributed by atoms with Crippen molar-refractivity contribution in [2.24, 2.45) is 0 Å². The molecule has 0 bridgehead atoms. The number of hydrogen-bond donors (Lipinski definition) is 1. The molecule has 0 aliphatic carbocycles. The molecular formula is C25H33N5O3. The van der Waals surface area contributed by atoms with E-state index in [1.54, 1.807) is 0 Å². The van der Waals surface area contributed by atoms with Crippen molar-refractivity contribution >= 4 is 17.6 Å². The zero-order chi connectivity index (χ0) is 23.4. The highest BCUT2D eigenvalue weighted by atomic mass is 16.5. The van der Waals surface area contributed by atoms with Gasteiger partial charge in [-0.1, -0.05) is 19.1 Å². The molecule has 2 fully saturated rings. The predicted octanol–water partition coefficient (Wildman–Crippen LogP) is 3.02. The number of aryl methyl sites for hydroxylation is 1. The second-order valence-corrected chi connectivity index (χ2v) is 9.19. The minimum atomic E-state index is -0.322. The van der Waals surface area contributed by atoms with Crippen LogP contribution in [0.25, 0.3) is 0 Å². The zero-order valence-electron chi connectivity index (χ0n) is 19.8. The van der Waals surface area contributed by atoms with Crippen molar-refractivity contribution in [3.8, 4) is 5.75 Å². The molecule has 2 saturated heterocycles. The first-order valence-corrected chi connectivity index (χ1v) is 11.7. The number of hydrogen-bond acceptors (Lipinski definition) is 6. The third-order valence-electron chi connectivity index (χ3n) is 6.54. The second kappa shape index (κ2) is 9.77. The van der Waals surface area contributed by atoms with Crippen molar-refractivity contribution in [1.82, 2.24) is 19.8 Å². The number of carbonyl (C=O) groups excluding carboxylic acids is 2. The Hall–Kier alpha value is -3.16. The summed E-state index contributed by atoms with van der Waals surface area (Å²) in [5, 5.41) is 3.10. The van der Waals surface area contributed by atoms with Gasteiger partial charge in [0.15, 0.2) is 0 Å². The Bertz CT molecular complexity index is 1030. The number of ether oxygens (including phenoxy) is 1. The Morgan fingerprint density at radius 1 is 1.21 bits per heavy atom. The Kier molecular flexibility index (Phi) is 6.81. The molecule has 0 saturated carbocycles. The minimum absolute atomic E-state index is 0.0460. The summed E-state index contributed by atoms with van der Waals surface area (Å²) in [6.45, 7) is 7.04. The Morgan fingerprint density at radius 3 is 2.79 bits per heavy atom. The van der Waals surface area contributed by atoms with Gasteiger partial charge < -0.3 is 19.9 Å². The standard InChI is InChI=1S/C25H33N5O3/c1-18-16-21(26-3)28-24(27-18)25(2)11-7-13-30(17-25)23(32)19-8-4-5-9-20(19)33-15-14-29-12-6-10-22(29)31/h4-5,8-9,16H,6-7,10-15,17H2,1-3H3,(H,26,27,28)/t25-/m0/s1. The van der Waals surface area contributed by atoms with E-state index in [0.717, 1.165) is 43.1 Å². The van der Waals surface area contributed by atoms with E-state index < -0.39 is 0 Å². The molecule has 8 heteroatoms. The van der Waals surface area contributed by atoms with Crippen LogP contribution >= 0.6 is 0 Å². The first-order valence-electron chi connectivity index (χ1n) is 11.7. The summed E-state index contributed by atoms with van der Waals surface area (Å²) < 4.78 is 5.97. The zero-order valence-corrected chi connectivity index (χ0v) is 19.8. The number of amides is 2. The van der Waals surface area contributed by atoms with Gasteiger partial charge in [0, 0.05) is 50.3 Å².